The monoisotopic (exact) mass is 262 g/mol. The van der Waals surface area contributed by atoms with Crippen LogP contribution in [0.5, 0.6) is 5.75 Å². The zero-order chi connectivity index (χ0) is 14.4. The van der Waals surface area contributed by atoms with E-state index in [1.54, 1.807) is 6.92 Å². The lowest BCUT2D eigenvalue weighted by Crippen LogP contribution is -2.06. The van der Waals surface area contributed by atoms with E-state index < -0.39 is 0 Å². The van der Waals surface area contributed by atoms with Crippen LogP contribution in [0.25, 0.3) is 0 Å². The van der Waals surface area contributed by atoms with E-state index in [0.717, 1.165) is 18.6 Å². The summed E-state index contributed by atoms with van der Waals surface area (Å²) in [5.41, 5.74) is 3.72. The van der Waals surface area contributed by atoms with Gasteiger partial charge in [0.25, 0.3) is 0 Å². The van der Waals surface area contributed by atoms with Crippen molar-refractivity contribution in [2.45, 2.75) is 59.8 Å². The van der Waals surface area contributed by atoms with Crippen LogP contribution in [-0.4, -0.2) is 12.4 Å². The second kappa shape index (κ2) is 7.32. The second-order valence-electron chi connectivity index (χ2n) is 5.28. The summed E-state index contributed by atoms with van der Waals surface area (Å²) >= 11 is 0. The van der Waals surface area contributed by atoms with Crippen molar-refractivity contribution >= 4 is 5.78 Å². The first kappa shape index (κ1) is 15.7. The van der Waals surface area contributed by atoms with Crippen molar-refractivity contribution in [3.8, 4) is 5.75 Å². The molecular weight excluding hydrogens is 236 g/mol. The zero-order valence-corrected chi connectivity index (χ0v) is 12.9. The molecule has 0 aliphatic heterocycles. The number of rotatable bonds is 7. The Kier molecular flexibility index (Phi) is 6.07. The highest BCUT2D eigenvalue weighted by Gasteiger charge is 2.17. The fraction of sp³-hybridized carbons (Fsp3) is 0.588. The summed E-state index contributed by atoms with van der Waals surface area (Å²) in [6, 6.07) is 4.37. The standard InChI is InChI=1S/C17H26O2/c1-6-15(9-8-14(5)18)16-11-12(3)10-13(4)17(16)19-7-2/h10-11,15H,6-9H2,1-5H3. The predicted octanol–water partition coefficient (Wildman–Crippen LogP) is 4.56. The van der Waals surface area contributed by atoms with Crippen molar-refractivity contribution in [1.82, 2.24) is 0 Å². The third-order valence-corrected chi connectivity index (χ3v) is 3.51. The predicted molar refractivity (Wildman–Crippen MR) is 80.0 cm³/mol. The number of hydrogen-bond donors (Lipinski definition) is 0. The summed E-state index contributed by atoms with van der Waals surface area (Å²) < 4.78 is 5.83. The smallest absolute Gasteiger partial charge is 0.129 e. The maximum Gasteiger partial charge on any atom is 0.129 e. The minimum atomic E-state index is 0.265. The topological polar surface area (TPSA) is 26.3 Å². The van der Waals surface area contributed by atoms with Gasteiger partial charge >= 0.3 is 0 Å². The number of aryl methyl sites for hydroxylation is 2. The minimum Gasteiger partial charge on any atom is -0.493 e. The van der Waals surface area contributed by atoms with E-state index >= 15 is 0 Å². The molecular formula is C17H26O2. The third kappa shape index (κ3) is 4.38. The molecule has 1 rings (SSSR count). The highest BCUT2D eigenvalue weighted by Crippen LogP contribution is 2.35. The minimum absolute atomic E-state index is 0.265. The van der Waals surface area contributed by atoms with Gasteiger partial charge in [-0.15, -0.1) is 0 Å². The highest BCUT2D eigenvalue weighted by atomic mass is 16.5. The number of Topliss-reactive ketones (excluding diaryl/α,β-unsaturated/α-hetero) is 1. The van der Waals surface area contributed by atoms with E-state index in [1.165, 1.54) is 16.7 Å². The Morgan fingerprint density at radius 1 is 1.26 bits per heavy atom. The van der Waals surface area contributed by atoms with Gasteiger partial charge in [0.15, 0.2) is 0 Å². The number of hydrogen-bond acceptors (Lipinski definition) is 2. The van der Waals surface area contributed by atoms with Crippen LogP contribution in [-0.2, 0) is 4.79 Å². The number of ketones is 1. The van der Waals surface area contributed by atoms with E-state index in [2.05, 4.69) is 32.9 Å². The molecule has 1 aromatic carbocycles. The van der Waals surface area contributed by atoms with Crippen molar-refractivity contribution in [2.24, 2.45) is 0 Å². The molecule has 2 nitrogen and oxygen atoms in total. The van der Waals surface area contributed by atoms with Crippen LogP contribution in [0.4, 0.5) is 0 Å². The molecule has 1 aromatic rings. The highest BCUT2D eigenvalue weighted by molar-refractivity contribution is 5.75. The van der Waals surface area contributed by atoms with Crippen molar-refractivity contribution < 1.29 is 9.53 Å². The lowest BCUT2D eigenvalue weighted by molar-refractivity contribution is -0.117. The molecule has 1 unspecified atom stereocenters. The Hall–Kier alpha value is -1.31. The molecule has 0 bridgehead atoms. The fourth-order valence-electron chi connectivity index (χ4n) is 2.59. The SMILES string of the molecule is CCOc1c(C)cc(C)cc1C(CC)CCC(C)=O. The average molecular weight is 262 g/mol. The molecule has 0 aromatic heterocycles. The molecule has 2 heteroatoms. The Balaban J connectivity index is 3.09. The number of ether oxygens (including phenoxy) is 1. The van der Waals surface area contributed by atoms with Gasteiger partial charge in [0.1, 0.15) is 11.5 Å². The molecule has 0 saturated heterocycles. The van der Waals surface area contributed by atoms with Gasteiger partial charge < -0.3 is 9.53 Å². The first-order valence-corrected chi connectivity index (χ1v) is 7.22. The number of carbonyl (C=O) groups is 1. The molecule has 0 spiro atoms. The summed E-state index contributed by atoms with van der Waals surface area (Å²) in [6.45, 7) is 10.7. The van der Waals surface area contributed by atoms with Gasteiger partial charge in [0.2, 0.25) is 0 Å². The molecule has 0 amide bonds. The van der Waals surface area contributed by atoms with Crippen molar-refractivity contribution in [3.63, 3.8) is 0 Å². The third-order valence-electron chi connectivity index (χ3n) is 3.51. The summed E-state index contributed by atoms with van der Waals surface area (Å²) in [7, 11) is 0. The number of benzene rings is 1. The quantitative estimate of drug-likeness (QED) is 0.719. The van der Waals surface area contributed by atoms with Gasteiger partial charge in [-0.1, -0.05) is 24.6 Å². The first-order valence-electron chi connectivity index (χ1n) is 7.22. The Morgan fingerprint density at radius 3 is 2.47 bits per heavy atom. The molecule has 0 radical (unpaired) electrons. The lowest BCUT2D eigenvalue weighted by atomic mass is 9.88. The van der Waals surface area contributed by atoms with Gasteiger partial charge in [-0.25, -0.2) is 0 Å². The normalized spacial score (nSPS) is 12.3. The van der Waals surface area contributed by atoms with E-state index in [1.807, 2.05) is 6.92 Å². The van der Waals surface area contributed by atoms with E-state index in [4.69, 9.17) is 4.74 Å². The second-order valence-corrected chi connectivity index (χ2v) is 5.28. The molecule has 0 saturated carbocycles. The average Bonchev–Trinajstić information content (AvgIpc) is 2.33. The molecule has 0 aliphatic carbocycles. The zero-order valence-electron chi connectivity index (χ0n) is 12.9. The van der Waals surface area contributed by atoms with E-state index in [0.29, 0.717) is 18.9 Å². The van der Waals surface area contributed by atoms with E-state index in [9.17, 15) is 4.79 Å². The molecule has 0 heterocycles. The Labute approximate surface area is 117 Å². The maximum absolute atomic E-state index is 11.2. The van der Waals surface area contributed by atoms with Crippen LogP contribution in [0, 0.1) is 13.8 Å². The molecule has 0 N–H and O–H groups in total. The van der Waals surface area contributed by atoms with Gasteiger partial charge in [0, 0.05) is 6.42 Å². The number of carbonyl (C=O) groups excluding carboxylic acids is 1. The van der Waals surface area contributed by atoms with Crippen molar-refractivity contribution in [1.29, 1.82) is 0 Å². The summed E-state index contributed by atoms with van der Waals surface area (Å²) in [6.07, 6.45) is 2.60. The van der Waals surface area contributed by atoms with E-state index in [-0.39, 0.29) is 5.78 Å². The van der Waals surface area contributed by atoms with Crippen molar-refractivity contribution in [2.75, 3.05) is 6.61 Å². The Bertz CT molecular complexity index is 435. The molecule has 0 aliphatic rings. The van der Waals surface area contributed by atoms with Gasteiger partial charge in [-0.05, 0) is 57.6 Å². The largest absolute Gasteiger partial charge is 0.493 e. The first-order chi connectivity index (χ1) is 8.99. The van der Waals surface area contributed by atoms with Crippen LogP contribution in [0.15, 0.2) is 12.1 Å². The van der Waals surface area contributed by atoms with Crippen molar-refractivity contribution in [3.05, 3.63) is 28.8 Å². The van der Waals surface area contributed by atoms with Crippen LogP contribution in [0.1, 0.15) is 62.6 Å². The summed E-state index contributed by atoms with van der Waals surface area (Å²) in [4.78, 5) is 11.2. The fourth-order valence-corrected chi connectivity index (χ4v) is 2.59. The van der Waals surface area contributed by atoms with Gasteiger partial charge in [-0.3, -0.25) is 0 Å². The summed E-state index contributed by atoms with van der Waals surface area (Å²) in [5, 5.41) is 0. The van der Waals surface area contributed by atoms with Crippen LogP contribution < -0.4 is 4.74 Å². The summed E-state index contributed by atoms with van der Waals surface area (Å²) in [5.74, 6) is 1.69. The van der Waals surface area contributed by atoms with Crippen LogP contribution in [0.3, 0.4) is 0 Å². The molecule has 106 valence electrons. The Morgan fingerprint density at radius 2 is 1.95 bits per heavy atom. The van der Waals surface area contributed by atoms with Crippen LogP contribution >= 0.6 is 0 Å². The van der Waals surface area contributed by atoms with Gasteiger partial charge in [0.05, 0.1) is 6.61 Å². The molecule has 19 heavy (non-hydrogen) atoms. The maximum atomic E-state index is 11.2. The molecule has 0 fully saturated rings. The molecule has 1 atom stereocenters. The van der Waals surface area contributed by atoms with Crippen LogP contribution in [0.2, 0.25) is 0 Å². The van der Waals surface area contributed by atoms with Gasteiger partial charge in [-0.2, -0.15) is 0 Å². The lowest BCUT2D eigenvalue weighted by Gasteiger charge is -2.21.